The van der Waals surface area contributed by atoms with Crippen molar-refractivity contribution in [2.75, 3.05) is 19.6 Å². The van der Waals surface area contributed by atoms with E-state index < -0.39 is 17.7 Å². The summed E-state index contributed by atoms with van der Waals surface area (Å²) in [7, 11) is 0. The van der Waals surface area contributed by atoms with Crippen molar-refractivity contribution in [3.63, 3.8) is 0 Å². The quantitative estimate of drug-likeness (QED) is 0.779. The van der Waals surface area contributed by atoms with E-state index in [4.69, 9.17) is 4.74 Å². The van der Waals surface area contributed by atoms with E-state index in [0.29, 0.717) is 18.0 Å². The minimum absolute atomic E-state index is 0.106. The average molecular weight is 374 g/mol. The molecule has 0 aliphatic carbocycles. The normalized spacial score (nSPS) is 17.9. The molecular formula is C21H24F2N2O2. The summed E-state index contributed by atoms with van der Waals surface area (Å²) < 4.78 is 32.3. The van der Waals surface area contributed by atoms with Crippen LogP contribution in [0.15, 0.2) is 48.5 Å². The van der Waals surface area contributed by atoms with Crippen LogP contribution in [0.25, 0.3) is 0 Å². The summed E-state index contributed by atoms with van der Waals surface area (Å²) >= 11 is 0. The first kappa shape index (κ1) is 19.3. The summed E-state index contributed by atoms with van der Waals surface area (Å²) in [5, 5.41) is 6.28. The Bertz CT molecular complexity index is 749. The zero-order valence-electron chi connectivity index (χ0n) is 15.1. The molecule has 0 bridgehead atoms. The molecule has 2 N–H and O–H groups in total. The van der Waals surface area contributed by atoms with Gasteiger partial charge in [-0.15, -0.1) is 0 Å². The van der Waals surface area contributed by atoms with Crippen molar-refractivity contribution in [3.05, 3.63) is 65.7 Å². The SMILES string of the molecule is O=C(NCCC1CCCNC1)C(Oc1ccc(F)c(F)c1)c1ccccc1. The third kappa shape index (κ3) is 5.50. The first-order chi connectivity index (χ1) is 13.1. The maximum Gasteiger partial charge on any atom is 0.265 e. The molecule has 1 saturated heterocycles. The molecule has 2 atom stereocenters. The summed E-state index contributed by atoms with van der Waals surface area (Å²) in [4.78, 5) is 12.7. The fourth-order valence-electron chi connectivity index (χ4n) is 3.25. The maximum atomic E-state index is 13.5. The standard InChI is InChI=1S/C21H24F2N2O2/c22-18-9-8-17(13-19(18)23)27-20(16-6-2-1-3-7-16)21(26)25-12-10-15-5-4-11-24-14-15/h1-3,6-9,13,15,20,24H,4-5,10-12,14H2,(H,25,26). The van der Waals surface area contributed by atoms with Crippen LogP contribution in [0.1, 0.15) is 30.9 Å². The van der Waals surface area contributed by atoms with Crippen LogP contribution >= 0.6 is 0 Å². The number of halogens is 2. The van der Waals surface area contributed by atoms with Gasteiger partial charge in [-0.1, -0.05) is 30.3 Å². The molecule has 1 amide bonds. The topological polar surface area (TPSA) is 50.4 Å². The number of rotatable bonds is 7. The van der Waals surface area contributed by atoms with E-state index in [2.05, 4.69) is 10.6 Å². The third-order valence-electron chi connectivity index (χ3n) is 4.74. The van der Waals surface area contributed by atoms with E-state index in [0.717, 1.165) is 44.5 Å². The molecule has 2 unspecified atom stereocenters. The number of benzene rings is 2. The van der Waals surface area contributed by atoms with Crippen molar-refractivity contribution >= 4 is 5.91 Å². The highest BCUT2D eigenvalue weighted by molar-refractivity contribution is 5.82. The van der Waals surface area contributed by atoms with Crippen LogP contribution in [-0.2, 0) is 4.79 Å². The minimum Gasteiger partial charge on any atom is -0.476 e. The van der Waals surface area contributed by atoms with Crippen LogP contribution in [0.5, 0.6) is 5.75 Å². The Kier molecular flexibility index (Phi) is 6.76. The zero-order chi connectivity index (χ0) is 19.1. The largest absolute Gasteiger partial charge is 0.476 e. The molecule has 1 aliphatic rings. The average Bonchev–Trinajstić information content (AvgIpc) is 2.70. The van der Waals surface area contributed by atoms with Crippen molar-refractivity contribution in [1.82, 2.24) is 10.6 Å². The lowest BCUT2D eigenvalue weighted by molar-refractivity contribution is -0.128. The Balaban J connectivity index is 1.65. The molecule has 27 heavy (non-hydrogen) atoms. The van der Waals surface area contributed by atoms with Gasteiger partial charge >= 0.3 is 0 Å². The van der Waals surface area contributed by atoms with Crippen molar-refractivity contribution in [2.45, 2.75) is 25.4 Å². The second kappa shape index (κ2) is 9.46. The second-order valence-electron chi connectivity index (χ2n) is 6.78. The first-order valence-corrected chi connectivity index (χ1v) is 9.28. The van der Waals surface area contributed by atoms with Crippen LogP contribution in [0.4, 0.5) is 8.78 Å². The van der Waals surface area contributed by atoms with Gasteiger partial charge < -0.3 is 15.4 Å². The number of hydrogen-bond donors (Lipinski definition) is 2. The van der Waals surface area contributed by atoms with Crippen molar-refractivity contribution in [2.24, 2.45) is 5.92 Å². The fourth-order valence-corrected chi connectivity index (χ4v) is 3.25. The Morgan fingerprint density at radius 2 is 2.00 bits per heavy atom. The molecule has 2 aromatic rings. The summed E-state index contributed by atoms with van der Waals surface area (Å²) in [6.07, 6.45) is 2.28. The van der Waals surface area contributed by atoms with E-state index in [9.17, 15) is 13.6 Å². The van der Waals surface area contributed by atoms with Crippen LogP contribution < -0.4 is 15.4 Å². The van der Waals surface area contributed by atoms with Gasteiger partial charge in [0.2, 0.25) is 6.10 Å². The van der Waals surface area contributed by atoms with Gasteiger partial charge in [-0.05, 0) is 50.4 Å². The van der Waals surface area contributed by atoms with Gasteiger partial charge in [-0.3, -0.25) is 4.79 Å². The summed E-state index contributed by atoms with van der Waals surface area (Å²) in [5.74, 6) is -1.60. The number of amides is 1. The fraction of sp³-hybridized carbons (Fsp3) is 0.381. The van der Waals surface area contributed by atoms with Gasteiger partial charge in [0.05, 0.1) is 0 Å². The highest BCUT2D eigenvalue weighted by Crippen LogP contribution is 2.24. The predicted molar refractivity (Wildman–Crippen MR) is 99.4 cm³/mol. The molecule has 1 aliphatic heterocycles. The summed E-state index contributed by atoms with van der Waals surface area (Å²) in [6.45, 7) is 2.58. The Morgan fingerprint density at radius 1 is 1.19 bits per heavy atom. The third-order valence-corrected chi connectivity index (χ3v) is 4.74. The molecule has 0 aromatic heterocycles. The molecule has 3 rings (SSSR count). The lowest BCUT2D eigenvalue weighted by Crippen LogP contribution is -2.36. The van der Waals surface area contributed by atoms with Crippen molar-refractivity contribution in [3.8, 4) is 5.75 Å². The molecule has 144 valence electrons. The number of carbonyl (C=O) groups excluding carboxylic acids is 1. The Morgan fingerprint density at radius 3 is 2.70 bits per heavy atom. The van der Waals surface area contributed by atoms with E-state index in [-0.39, 0.29) is 11.7 Å². The highest BCUT2D eigenvalue weighted by Gasteiger charge is 2.23. The molecule has 2 aromatic carbocycles. The van der Waals surface area contributed by atoms with E-state index >= 15 is 0 Å². The van der Waals surface area contributed by atoms with Gasteiger partial charge in [-0.25, -0.2) is 8.78 Å². The maximum absolute atomic E-state index is 13.5. The monoisotopic (exact) mass is 374 g/mol. The summed E-state index contributed by atoms with van der Waals surface area (Å²) in [6, 6.07) is 12.2. The highest BCUT2D eigenvalue weighted by atomic mass is 19.2. The lowest BCUT2D eigenvalue weighted by atomic mass is 9.96. The second-order valence-corrected chi connectivity index (χ2v) is 6.78. The molecule has 4 nitrogen and oxygen atoms in total. The number of carbonyl (C=O) groups is 1. The zero-order valence-corrected chi connectivity index (χ0v) is 15.1. The molecule has 0 radical (unpaired) electrons. The number of piperidine rings is 1. The van der Waals surface area contributed by atoms with Crippen LogP contribution in [-0.4, -0.2) is 25.5 Å². The van der Waals surface area contributed by atoms with Crippen LogP contribution in [0.2, 0.25) is 0 Å². The van der Waals surface area contributed by atoms with E-state index in [1.165, 1.54) is 6.07 Å². The number of ether oxygens (including phenoxy) is 1. The smallest absolute Gasteiger partial charge is 0.265 e. The first-order valence-electron chi connectivity index (χ1n) is 9.28. The van der Waals surface area contributed by atoms with Crippen LogP contribution in [0, 0.1) is 17.6 Å². The van der Waals surface area contributed by atoms with Gasteiger partial charge in [-0.2, -0.15) is 0 Å². The predicted octanol–water partition coefficient (Wildman–Crippen LogP) is 3.59. The van der Waals surface area contributed by atoms with E-state index in [1.807, 2.05) is 6.07 Å². The summed E-state index contributed by atoms with van der Waals surface area (Å²) in [5.41, 5.74) is 0.652. The van der Waals surface area contributed by atoms with Crippen LogP contribution in [0.3, 0.4) is 0 Å². The number of hydrogen-bond acceptors (Lipinski definition) is 3. The molecular weight excluding hydrogens is 350 g/mol. The molecule has 1 heterocycles. The Hall–Kier alpha value is -2.47. The molecule has 0 spiro atoms. The molecule has 6 heteroatoms. The lowest BCUT2D eigenvalue weighted by Gasteiger charge is -2.23. The van der Waals surface area contributed by atoms with Crippen molar-refractivity contribution < 1.29 is 18.3 Å². The van der Waals surface area contributed by atoms with Gasteiger partial charge in [0.25, 0.3) is 5.91 Å². The van der Waals surface area contributed by atoms with Crippen molar-refractivity contribution in [1.29, 1.82) is 0 Å². The van der Waals surface area contributed by atoms with E-state index in [1.54, 1.807) is 24.3 Å². The Labute approximate surface area is 157 Å². The van der Waals surface area contributed by atoms with Gasteiger partial charge in [0.1, 0.15) is 5.75 Å². The minimum atomic E-state index is -1.01. The number of nitrogens with one attached hydrogen (secondary N) is 2. The molecule has 0 saturated carbocycles. The van der Waals surface area contributed by atoms with Gasteiger partial charge in [0.15, 0.2) is 11.6 Å². The van der Waals surface area contributed by atoms with Gasteiger partial charge in [0, 0.05) is 18.2 Å². The molecule has 1 fully saturated rings.